The summed E-state index contributed by atoms with van der Waals surface area (Å²) >= 11 is 0. The van der Waals surface area contributed by atoms with Gasteiger partial charge in [0.2, 0.25) is 0 Å². The number of carbonyl (C=O) groups excluding carboxylic acids is 2. The highest BCUT2D eigenvalue weighted by molar-refractivity contribution is 5.91. The van der Waals surface area contributed by atoms with Crippen LogP contribution >= 0.6 is 0 Å². The Kier molecular flexibility index (Phi) is 13.6. The Morgan fingerprint density at radius 3 is 1.91 bits per heavy atom. The molecule has 0 bridgehead atoms. The molecule has 1 aliphatic heterocycles. The summed E-state index contributed by atoms with van der Waals surface area (Å²) in [5.74, 6) is 0.974. The van der Waals surface area contributed by atoms with Crippen molar-refractivity contribution in [3.05, 3.63) is 78.4 Å². The van der Waals surface area contributed by atoms with E-state index in [1.165, 1.54) is 0 Å². The van der Waals surface area contributed by atoms with Gasteiger partial charge in [0.25, 0.3) is 0 Å². The van der Waals surface area contributed by atoms with Crippen LogP contribution in [0.2, 0.25) is 0 Å². The van der Waals surface area contributed by atoms with Crippen LogP contribution in [0.1, 0.15) is 70.2 Å². The van der Waals surface area contributed by atoms with Gasteiger partial charge in [-0.05, 0) is 91.8 Å². The van der Waals surface area contributed by atoms with Crippen LogP contribution in [-0.2, 0) is 19.0 Å². The average molecular weight is 633 g/mol. The molecular weight excluding hydrogens is 584 g/mol. The molecule has 0 saturated carbocycles. The monoisotopic (exact) mass is 632 g/mol. The summed E-state index contributed by atoms with van der Waals surface area (Å²) in [6, 6.07) is 21.6. The molecule has 0 aliphatic carbocycles. The van der Waals surface area contributed by atoms with Gasteiger partial charge in [-0.2, -0.15) is 0 Å². The van der Waals surface area contributed by atoms with E-state index in [4.69, 9.17) is 28.4 Å². The lowest BCUT2D eigenvalue weighted by Gasteiger charge is -2.37. The maximum Gasteiger partial charge on any atom is 0.343 e. The molecule has 0 unspecified atom stereocenters. The molecule has 1 saturated heterocycles. The van der Waals surface area contributed by atoms with Gasteiger partial charge in [-0.3, -0.25) is 0 Å². The van der Waals surface area contributed by atoms with E-state index in [9.17, 15) is 9.59 Å². The van der Waals surface area contributed by atoms with Gasteiger partial charge in [-0.15, -0.1) is 0 Å². The first kappa shape index (κ1) is 35.1. The van der Waals surface area contributed by atoms with Crippen molar-refractivity contribution in [1.29, 1.82) is 0 Å². The second kappa shape index (κ2) is 17.8. The maximum atomic E-state index is 12.7. The van der Waals surface area contributed by atoms with Crippen LogP contribution in [-0.4, -0.2) is 57.7 Å². The van der Waals surface area contributed by atoms with E-state index in [0.29, 0.717) is 36.2 Å². The van der Waals surface area contributed by atoms with Crippen LogP contribution in [0.4, 0.5) is 0 Å². The minimum absolute atomic E-state index is 0.222. The van der Waals surface area contributed by atoms with E-state index < -0.39 is 18.0 Å². The fourth-order valence-electron chi connectivity index (χ4n) is 4.68. The van der Waals surface area contributed by atoms with Crippen LogP contribution < -0.4 is 14.2 Å². The SMILES string of the molecule is CC[C@H](C)CO[C@@H](C)C(=O)Oc1ccc(OC(=O)c2ccc(-c3ccc(OCCCCCCOCC4(C)COC4)cc3)cc2)cc1. The van der Waals surface area contributed by atoms with Gasteiger partial charge in [-0.1, -0.05) is 57.9 Å². The zero-order valence-electron chi connectivity index (χ0n) is 27.6. The van der Waals surface area contributed by atoms with E-state index in [-0.39, 0.29) is 5.41 Å². The Balaban J connectivity index is 1.14. The van der Waals surface area contributed by atoms with Crippen molar-refractivity contribution in [3.8, 4) is 28.4 Å². The quantitative estimate of drug-likeness (QED) is 0.0748. The number of hydrogen-bond donors (Lipinski definition) is 0. The number of esters is 2. The maximum absolute atomic E-state index is 12.7. The Morgan fingerprint density at radius 1 is 0.761 bits per heavy atom. The normalized spacial score (nSPS) is 15.0. The molecule has 0 aromatic heterocycles. The van der Waals surface area contributed by atoms with Gasteiger partial charge in [-0.25, -0.2) is 9.59 Å². The molecule has 2 atom stereocenters. The number of unbranched alkanes of at least 4 members (excludes halogenated alkanes) is 3. The van der Waals surface area contributed by atoms with E-state index in [2.05, 4.69) is 20.8 Å². The van der Waals surface area contributed by atoms with Crippen molar-refractivity contribution in [2.45, 2.75) is 65.9 Å². The largest absolute Gasteiger partial charge is 0.494 e. The van der Waals surface area contributed by atoms with Crippen molar-refractivity contribution in [1.82, 2.24) is 0 Å². The molecular formula is C38H48O8. The lowest BCUT2D eigenvalue weighted by atomic mass is 9.90. The lowest BCUT2D eigenvalue weighted by Crippen LogP contribution is -2.43. The highest BCUT2D eigenvalue weighted by Crippen LogP contribution is 2.27. The summed E-state index contributed by atoms with van der Waals surface area (Å²) in [5, 5.41) is 0. The molecule has 1 fully saturated rings. The predicted octanol–water partition coefficient (Wildman–Crippen LogP) is 7.92. The number of ether oxygens (including phenoxy) is 6. The molecule has 0 N–H and O–H groups in total. The van der Waals surface area contributed by atoms with Crippen LogP contribution in [0.15, 0.2) is 72.8 Å². The Bertz CT molecular complexity index is 1350. The van der Waals surface area contributed by atoms with Gasteiger partial charge >= 0.3 is 11.9 Å². The van der Waals surface area contributed by atoms with Crippen molar-refractivity contribution in [3.63, 3.8) is 0 Å². The number of hydrogen-bond acceptors (Lipinski definition) is 8. The smallest absolute Gasteiger partial charge is 0.343 e. The Hall–Kier alpha value is -3.72. The molecule has 248 valence electrons. The Labute approximate surface area is 273 Å². The molecule has 0 radical (unpaired) electrons. The molecule has 46 heavy (non-hydrogen) atoms. The zero-order valence-corrected chi connectivity index (χ0v) is 27.6. The van der Waals surface area contributed by atoms with Gasteiger partial charge in [0.15, 0.2) is 6.10 Å². The van der Waals surface area contributed by atoms with E-state index in [0.717, 1.165) is 75.4 Å². The third-order valence-electron chi connectivity index (χ3n) is 8.02. The summed E-state index contributed by atoms with van der Waals surface area (Å²) in [5.41, 5.74) is 2.66. The first-order valence-electron chi connectivity index (χ1n) is 16.4. The zero-order chi connectivity index (χ0) is 32.8. The third kappa shape index (κ3) is 11.3. The van der Waals surface area contributed by atoms with Gasteiger partial charge in [0, 0.05) is 12.0 Å². The minimum Gasteiger partial charge on any atom is -0.494 e. The van der Waals surface area contributed by atoms with Crippen molar-refractivity contribution < 1.29 is 38.0 Å². The van der Waals surface area contributed by atoms with Crippen molar-refractivity contribution in [2.24, 2.45) is 11.3 Å². The summed E-state index contributed by atoms with van der Waals surface area (Å²) in [7, 11) is 0. The molecule has 0 amide bonds. The highest BCUT2D eigenvalue weighted by Gasteiger charge is 2.33. The standard InChI is InChI=1S/C38H48O8/c1-5-28(2)24-44-29(3)36(39)45-34-18-20-35(21-19-34)46-37(40)32-12-10-30(11-13-32)31-14-16-33(17-15-31)43-23-9-7-6-8-22-41-25-38(4)26-42-27-38/h10-21,28-29H,5-9,22-27H2,1-4H3/t28-,29-/m0/s1. The molecule has 8 nitrogen and oxygen atoms in total. The Morgan fingerprint density at radius 2 is 1.33 bits per heavy atom. The predicted molar refractivity (Wildman–Crippen MR) is 177 cm³/mol. The van der Waals surface area contributed by atoms with Crippen LogP contribution in [0.3, 0.4) is 0 Å². The molecule has 1 heterocycles. The summed E-state index contributed by atoms with van der Waals surface area (Å²) in [6.07, 6.45) is 4.64. The van der Waals surface area contributed by atoms with E-state index in [1.54, 1.807) is 43.3 Å². The summed E-state index contributed by atoms with van der Waals surface area (Å²) < 4.78 is 33.4. The van der Waals surface area contributed by atoms with Gasteiger partial charge in [0.1, 0.15) is 17.2 Å². The second-order valence-corrected chi connectivity index (χ2v) is 12.5. The van der Waals surface area contributed by atoms with Crippen molar-refractivity contribution in [2.75, 3.05) is 39.6 Å². The lowest BCUT2D eigenvalue weighted by molar-refractivity contribution is -0.146. The topological polar surface area (TPSA) is 89.5 Å². The van der Waals surface area contributed by atoms with Gasteiger partial charge in [0.05, 0.1) is 38.6 Å². The van der Waals surface area contributed by atoms with Crippen LogP contribution in [0, 0.1) is 11.3 Å². The molecule has 3 aromatic rings. The summed E-state index contributed by atoms with van der Waals surface area (Å²) in [4.78, 5) is 25.0. The van der Waals surface area contributed by atoms with Gasteiger partial charge < -0.3 is 28.4 Å². The summed E-state index contributed by atoms with van der Waals surface area (Å²) in [6.45, 7) is 12.4. The second-order valence-electron chi connectivity index (χ2n) is 12.5. The average Bonchev–Trinajstić information content (AvgIpc) is 3.06. The number of rotatable bonds is 19. The minimum atomic E-state index is -0.668. The fourth-order valence-corrected chi connectivity index (χ4v) is 4.68. The molecule has 0 spiro atoms. The molecule has 3 aromatic carbocycles. The van der Waals surface area contributed by atoms with Crippen LogP contribution in [0.5, 0.6) is 17.2 Å². The first-order valence-corrected chi connectivity index (χ1v) is 16.4. The molecule has 4 rings (SSSR count). The first-order chi connectivity index (χ1) is 22.2. The van der Waals surface area contributed by atoms with Crippen LogP contribution in [0.25, 0.3) is 11.1 Å². The highest BCUT2D eigenvalue weighted by atomic mass is 16.6. The third-order valence-corrected chi connectivity index (χ3v) is 8.02. The fraction of sp³-hybridized carbons (Fsp3) is 0.474. The van der Waals surface area contributed by atoms with E-state index >= 15 is 0 Å². The molecule has 1 aliphatic rings. The number of benzene rings is 3. The number of carbonyl (C=O) groups is 2. The van der Waals surface area contributed by atoms with E-state index in [1.807, 2.05) is 36.4 Å². The van der Waals surface area contributed by atoms with Crippen molar-refractivity contribution >= 4 is 11.9 Å². The molecule has 8 heteroatoms.